The van der Waals surface area contributed by atoms with Gasteiger partial charge in [0, 0.05) is 24.5 Å². The summed E-state index contributed by atoms with van der Waals surface area (Å²) in [6, 6.07) is 3.52. The van der Waals surface area contributed by atoms with Gasteiger partial charge in [-0.25, -0.2) is 0 Å². The topological polar surface area (TPSA) is 95.8 Å². The lowest BCUT2D eigenvalue weighted by Gasteiger charge is -2.27. The van der Waals surface area contributed by atoms with Crippen LogP contribution in [0.5, 0.6) is 0 Å². The lowest BCUT2D eigenvalue weighted by molar-refractivity contribution is -0.141. The molecule has 0 aromatic heterocycles. The number of carboxylic acid groups (broad SMARTS) is 1. The largest absolute Gasteiger partial charge is 0.481 e. The van der Waals surface area contributed by atoms with Crippen molar-refractivity contribution in [3.63, 3.8) is 0 Å². The molecule has 6 heteroatoms. The van der Waals surface area contributed by atoms with Gasteiger partial charge in [0.05, 0.1) is 18.2 Å². The molecule has 162 valence electrons. The minimum absolute atomic E-state index is 0.0673. The van der Waals surface area contributed by atoms with Gasteiger partial charge in [0.15, 0.2) is 5.78 Å². The van der Waals surface area contributed by atoms with E-state index in [0.717, 1.165) is 36.2 Å². The number of nitrogens with zero attached hydrogens (tertiary/aromatic N) is 1. The Morgan fingerprint density at radius 1 is 1.20 bits per heavy atom. The van der Waals surface area contributed by atoms with Crippen molar-refractivity contribution in [2.24, 2.45) is 16.8 Å². The second kappa shape index (κ2) is 9.54. The van der Waals surface area contributed by atoms with Gasteiger partial charge in [-0.1, -0.05) is 19.9 Å². The first-order chi connectivity index (χ1) is 14.2. The van der Waals surface area contributed by atoms with Crippen LogP contribution in [0.25, 0.3) is 0 Å². The van der Waals surface area contributed by atoms with Crippen LogP contribution in [0.2, 0.25) is 0 Å². The number of carbonyl (C=O) groups excluding carboxylic acids is 2. The number of carboxylic acids is 1. The highest BCUT2D eigenvalue weighted by atomic mass is 16.4. The van der Waals surface area contributed by atoms with Crippen LogP contribution in [0.1, 0.15) is 69.6 Å². The van der Waals surface area contributed by atoms with Crippen molar-refractivity contribution in [1.82, 2.24) is 5.32 Å². The lowest BCUT2D eigenvalue weighted by atomic mass is 9.83. The molecule has 3 rings (SSSR count). The van der Waals surface area contributed by atoms with E-state index in [-0.39, 0.29) is 30.4 Å². The van der Waals surface area contributed by atoms with Gasteiger partial charge in [0.2, 0.25) is 5.91 Å². The third-order valence-electron chi connectivity index (χ3n) is 6.03. The molecule has 0 unspecified atom stereocenters. The summed E-state index contributed by atoms with van der Waals surface area (Å²) in [5.74, 6) is -1.86. The number of hydrogen-bond acceptors (Lipinski definition) is 4. The van der Waals surface area contributed by atoms with Gasteiger partial charge in [-0.3, -0.25) is 19.4 Å². The van der Waals surface area contributed by atoms with E-state index in [1.165, 1.54) is 17.5 Å². The second-order valence-corrected chi connectivity index (χ2v) is 9.09. The minimum Gasteiger partial charge on any atom is -0.481 e. The molecule has 2 aliphatic rings. The summed E-state index contributed by atoms with van der Waals surface area (Å²) >= 11 is 0. The third-order valence-corrected chi connectivity index (χ3v) is 6.03. The standard InChI is InChI=1S/C24H32N2O4/c1-14(2)10-17(12-23(28)29)24(30)26-21-13-19-18-7-5-4-6-16(18)8-9-20(19)25-15(3)11-22(21)27/h8-9,14,17,21H,4-7,10-13H2,1-3H3,(H,26,30)(H,28,29)/t17-,21+/m1/s1. The van der Waals surface area contributed by atoms with Crippen LogP contribution >= 0.6 is 0 Å². The Morgan fingerprint density at radius 2 is 1.93 bits per heavy atom. The second-order valence-electron chi connectivity index (χ2n) is 9.09. The first kappa shape index (κ1) is 22.2. The average molecular weight is 413 g/mol. The third kappa shape index (κ3) is 5.35. The Balaban J connectivity index is 1.89. The summed E-state index contributed by atoms with van der Waals surface area (Å²) in [4.78, 5) is 41.8. The van der Waals surface area contributed by atoms with Gasteiger partial charge in [-0.2, -0.15) is 0 Å². The van der Waals surface area contributed by atoms with Crippen molar-refractivity contribution in [3.8, 4) is 0 Å². The van der Waals surface area contributed by atoms with E-state index < -0.39 is 17.9 Å². The van der Waals surface area contributed by atoms with Crippen molar-refractivity contribution in [2.75, 3.05) is 0 Å². The molecule has 0 radical (unpaired) electrons. The number of hydrogen-bond donors (Lipinski definition) is 2. The number of aliphatic imine (C=N–C) groups is 1. The summed E-state index contributed by atoms with van der Waals surface area (Å²) < 4.78 is 0. The normalized spacial score (nSPS) is 19.8. The fourth-order valence-corrected chi connectivity index (χ4v) is 4.65. The number of Topliss-reactive ketones (excluding diaryl/α,β-unsaturated/α-hetero) is 1. The predicted octanol–water partition coefficient (Wildman–Crippen LogP) is 3.79. The molecule has 0 fully saturated rings. The summed E-state index contributed by atoms with van der Waals surface area (Å²) in [6.45, 7) is 5.77. The maximum absolute atomic E-state index is 13.0. The van der Waals surface area contributed by atoms with Crippen molar-refractivity contribution >= 4 is 29.1 Å². The molecular formula is C24H32N2O4. The molecule has 1 aromatic carbocycles. The molecule has 1 aliphatic carbocycles. The van der Waals surface area contributed by atoms with Gasteiger partial charge in [-0.15, -0.1) is 0 Å². The highest BCUT2D eigenvalue weighted by molar-refractivity contribution is 6.05. The zero-order chi connectivity index (χ0) is 21.8. The van der Waals surface area contributed by atoms with Crippen LogP contribution in [0.3, 0.4) is 0 Å². The number of nitrogens with one attached hydrogen (secondary N) is 1. The molecule has 2 atom stereocenters. The maximum atomic E-state index is 13.0. The average Bonchev–Trinajstić information content (AvgIpc) is 2.66. The van der Waals surface area contributed by atoms with E-state index >= 15 is 0 Å². The zero-order valence-corrected chi connectivity index (χ0v) is 18.2. The molecule has 6 nitrogen and oxygen atoms in total. The van der Waals surface area contributed by atoms with Gasteiger partial charge in [-0.05, 0) is 67.7 Å². The van der Waals surface area contributed by atoms with E-state index in [1.54, 1.807) is 0 Å². The number of amides is 1. The van der Waals surface area contributed by atoms with Gasteiger partial charge in [0.1, 0.15) is 0 Å². The number of fused-ring (bicyclic) bond motifs is 3. The number of carbonyl (C=O) groups is 3. The van der Waals surface area contributed by atoms with Gasteiger partial charge < -0.3 is 10.4 Å². The van der Waals surface area contributed by atoms with Crippen molar-refractivity contribution in [3.05, 3.63) is 28.8 Å². The quantitative estimate of drug-likeness (QED) is 0.743. The lowest BCUT2D eigenvalue weighted by Crippen LogP contribution is -2.46. The van der Waals surface area contributed by atoms with Crippen LogP contribution in [0, 0.1) is 11.8 Å². The number of ketones is 1. The molecule has 1 aromatic rings. The molecule has 1 aliphatic heterocycles. The van der Waals surface area contributed by atoms with Crippen LogP contribution in [0.15, 0.2) is 17.1 Å². The summed E-state index contributed by atoms with van der Waals surface area (Å²) in [6.07, 6.45) is 5.15. The van der Waals surface area contributed by atoms with E-state index in [2.05, 4.69) is 11.4 Å². The summed E-state index contributed by atoms with van der Waals surface area (Å²) in [7, 11) is 0. The molecule has 30 heavy (non-hydrogen) atoms. The van der Waals surface area contributed by atoms with Gasteiger partial charge >= 0.3 is 5.97 Å². The molecule has 1 amide bonds. The Morgan fingerprint density at radius 3 is 2.63 bits per heavy atom. The van der Waals surface area contributed by atoms with Crippen LogP contribution in [0.4, 0.5) is 5.69 Å². The predicted molar refractivity (Wildman–Crippen MR) is 116 cm³/mol. The van der Waals surface area contributed by atoms with E-state index in [0.29, 0.717) is 12.8 Å². The molecule has 2 N–H and O–H groups in total. The molecule has 0 saturated carbocycles. The van der Waals surface area contributed by atoms with Crippen LogP contribution in [-0.4, -0.2) is 34.5 Å². The first-order valence-corrected chi connectivity index (χ1v) is 11.0. The fraction of sp³-hybridized carbons (Fsp3) is 0.583. The van der Waals surface area contributed by atoms with E-state index in [1.807, 2.05) is 26.8 Å². The molecule has 0 bridgehead atoms. The molecule has 0 spiro atoms. The highest BCUT2D eigenvalue weighted by Gasteiger charge is 2.30. The Kier molecular flexibility index (Phi) is 7.06. The van der Waals surface area contributed by atoms with Crippen LogP contribution in [-0.2, 0) is 33.6 Å². The number of aryl methyl sites for hydroxylation is 1. The number of benzene rings is 1. The Labute approximate surface area is 178 Å². The summed E-state index contributed by atoms with van der Waals surface area (Å²) in [5.41, 5.74) is 5.27. The SMILES string of the molecule is CC1=Nc2ccc3c(c2C[C@H](NC(=O)[C@@H](CC(=O)O)CC(C)C)C(=O)C1)CCCC3. The Hall–Kier alpha value is -2.50. The van der Waals surface area contributed by atoms with E-state index in [4.69, 9.17) is 4.99 Å². The van der Waals surface area contributed by atoms with Crippen LogP contribution < -0.4 is 5.32 Å². The number of rotatable bonds is 6. The highest BCUT2D eigenvalue weighted by Crippen LogP contribution is 2.34. The monoisotopic (exact) mass is 412 g/mol. The Bertz CT molecular complexity index is 872. The van der Waals surface area contributed by atoms with E-state index in [9.17, 15) is 19.5 Å². The summed E-state index contributed by atoms with van der Waals surface area (Å²) in [5, 5.41) is 12.1. The first-order valence-electron chi connectivity index (χ1n) is 11.0. The zero-order valence-electron chi connectivity index (χ0n) is 18.2. The van der Waals surface area contributed by atoms with Crippen molar-refractivity contribution < 1.29 is 19.5 Å². The fourth-order valence-electron chi connectivity index (χ4n) is 4.65. The molecule has 0 saturated heterocycles. The molecular weight excluding hydrogens is 380 g/mol. The smallest absolute Gasteiger partial charge is 0.304 e. The van der Waals surface area contributed by atoms with Gasteiger partial charge in [0.25, 0.3) is 0 Å². The number of aliphatic carboxylic acids is 1. The minimum atomic E-state index is -0.998. The maximum Gasteiger partial charge on any atom is 0.304 e. The van der Waals surface area contributed by atoms with Crippen molar-refractivity contribution in [2.45, 2.75) is 78.2 Å². The van der Waals surface area contributed by atoms with Crippen molar-refractivity contribution in [1.29, 1.82) is 0 Å². The molecule has 1 heterocycles.